The number of hydrogen-bond donors (Lipinski definition) is 1. The molecule has 19 heavy (non-hydrogen) atoms. The number of ether oxygens (including phenoxy) is 1. The van der Waals surface area contributed by atoms with Gasteiger partial charge in [0.2, 0.25) is 10.0 Å². The van der Waals surface area contributed by atoms with Gasteiger partial charge in [0.25, 0.3) is 0 Å². The first kappa shape index (κ1) is 14.2. The molecule has 0 bridgehead atoms. The predicted molar refractivity (Wildman–Crippen MR) is 66.7 cm³/mol. The second-order valence-electron chi connectivity index (χ2n) is 4.57. The Balaban J connectivity index is 2.25. The zero-order valence-corrected chi connectivity index (χ0v) is 11.2. The minimum absolute atomic E-state index is 0.105. The lowest BCUT2D eigenvalue weighted by molar-refractivity contribution is -0.0499. The molecule has 0 aromatic heterocycles. The van der Waals surface area contributed by atoms with E-state index in [1.165, 1.54) is 6.07 Å². The number of benzene rings is 1. The molecule has 0 radical (unpaired) electrons. The van der Waals surface area contributed by atoms with Crippen molar-refractivity contribution in [2.24, 2.45) is 0 Å². The van der Waals surface area contributed by atoms with Crippen LogP contribution in [0.3, 0.4) is 0 Å². The summed E-state index contributed by atoms with van der Waals surface area (Å²) in [5.74, 6) is 0.105. The molecule has 1 aromatic carbocycles. The van der Waals surface area contributed by atoms with Crippen molar-refractivity contribution < 1.29 is 21.9 Å². The van der Waals surface area contributed by atoms with Crippen LogP contribution in [0.25, 0.3) is 0 Å². The molecule has 1 aromatic rings. The van der Waals surface area contributed by atoms with Gasteiger partial charge in [-0.3, -0.25) is 0 Å². The molecule has 0 spiro atoms. The summed E-state index contributed by atoms with van der Waals surface area (Å²) in [5, 5.41) is 0. The molecule has 1 N–H and O–H groups in total. The molecule has 7 heteroatoms. The quantitative estimate of drug-likeness (QED) is 0.925. The van der Waals surface area contributed by atoms with Crippen molar-refractivity contribution in [1.82, 2.24) is 4.72 Å². The van der Waals surface area contributed by atoms with Gasteiger partial charge in [-0.1, -0.05) is 6.07 Å². The Hall–Kier alpha value is -1.21. The van der Waals surface area contributed by atoms with Crippen molar-refractivity contribution in [2.45, 2.75) is 31.9 Å². The summed E-state index contributed by atoms with van der Waals surface area (Å²) in [4.78, 5) is 0. The van der Waals surface area contributed by atoms with Crippen LogP contribution in [-0.4, -0.2) is 21.3 Å². The highest BCUT2D eigenvalue weighted by Gasteiger charge is 2.23. The molecule has 0 heterocycles. The van der Waals surface area contributed by atoms with Gasteiger partial charge in [-0.15, -0.1) is 0 Å². The fourth-order valence-electron chi connectivity index (χ4n) is 2.35. The van der Waals surface area contributed by atoms with Crippen LogP contribution < -0.4 is 9.46 Å². The normalized spacial score (nSPS) is 19.3. The summed E-state index contributed by atoms with van der Waals surface area (Å²) in [7, 11) is -3.30. The minimum Gasteiger partial charge on any atom is -0.435 e. The lowest BCUT2D eigenvalue weighted by atomic mass is 9.88. The molecule has 1 unspecified atom stereocenters. The molecule has 1 aliphatic rings. The summed E-state index contributed by atoms with van der Waals surface area (Å²) in [5.41, 5.74) is 1.68. The number of halogens is 2. The smallest absolute Gasteiger partial charge is 0.387 e. The molecule has 0 saturated heterocycles. The van der Waals surface area contributed by atoms with Crippen LogP contribution in [-0.2, 0) is 16.4 Å². The van der Waals surface area contributed by atoms with Crippen LogP contribution in [0.15, 0.2) is 18.2 Å². The van der Waals surface area contributed by atoms with Crippen molar-refractivity contribution in [3.8, 4) is 5.75 Å². The van der Waals surface area contributed by atoms with Crippen LogP contribution in [0.4, 0.5) is 8.78 Å². The van der Waals surface area contributed by atoms with E-state index in [4.69, 9.17) is 0 Å². The Labute approximate surface area is 110 Å². The second kappa shape index (κ2) is 5.42. The van der Waals surface area contributed by atoms with Crippen molar-refractivity contribution in [1.29, 1.82) is 0 Å². The molecule has 106 valence electrons. The van der Waals surface area contributed by atoms with Gasteiger partial charge in [-0.05, 0) is 42.5 Å². The third kappa shape index (κ3) is 3.87. The monoisotopic (exact) mass is 291 g/mol. The molecule has 1 atom stereocenters. The first-order valence-corrected chi connectivity index (χ1v) is 7.79. The van der Waals surface area contributed by atoms with Crippen molar-refractivity contribution in [3.63, 3.8) is 0 Å². The number of aryl methyl sites for hydroxylation is 1. The molecule has 0 amide bonds. The summed E-state index contributed by atoms with van der Waals surface area (Å²) < 4.78 is 53.8. The average molecular weight is 291 g/mol. The van der Waals surface area contributed by atoms with E-state index >= 15 is 0 Å². The maximum absolute atomic E-state index is 12.1. The lowest BCUT2D eigenvalue weighted by Gasteiger charge is -2.26. The maximum atomic E-state index is 12.1. The zero-order chi connectivity index (χ0) is 14.0. The largest absolute Gasteiger partial charge is 0.435 e. The van der Waals surface area contributed by atoms with Gasteiger partial charge in [-0.25, -0.2) is 13.1 Å². The Morgan fingerprint density at radius 2 is 2.16 bits per heavy atom. The average Bonchev–Trinajstić information content (AvgIpc) is 2.26. The van der Waals surface area contributed by atoms with Crippen LogP contribution in [0.1, 0.15) is 30.0 Å². The van der Waals surface area contributed by atoms with Crippen molar-refractivity contribution in [2.75, 3.05) is 6.26 Å². The van der Waals surface area contributed by atoms with E-state index < -0.39 is 16.6 Å². The molecule has 0 aliphatic heterocycles. The SMILES string of the molecule is CS(=O)(=O)NC1CCCc2cc(OC(F)F)ccc21. The number of rotatable bonds is 4. The fourth-order valence-corrected chi connectivity index (χ4v) is 3.11. The number of hydrogen-bond acceptors (Lipinski definition) is 3. The topological polar surface area (TPSA) is 55.4 Å². The van der Waals surface area contributed by atoms with Gasteiger partial charge in [0.15, 0.2) is 0 Å². The van der Waals surface area contributed by atoms with Crippen molar-refractivity contribution >= 4 is 10.0 Å². The van der Waals surface area contributed by atoms with Gasteiger partial charge in [0, 0.05) is 6.04 Å². The first-order valence-electron chi connectivity index (χ1n) is 5.90. The van der Waals surface area contributed by atoms with Crippen LogP contribution in [0, 0.1) is 0 Å². The minimum atomic E-state index is -3.30. The van der Waals surface area contributed by atoms with E-state index in [1.807, 2.05) is 0 Å². The summed E-state index contributed by atoms with van der Waals surface area (Å²) in [6.45, 7) is -2.86. The van der Waals surface area contributed by atoms with Gasteiger partial charge in [-0.2, -0.15) is 8.78 Å². The number of nitrogens with one attached hydrogen (secondary N) is 1. The van der Waals surface area contributed by atoms with E-state index in [1.54, 1.807) is 12.1 Å². The van der Waals surface area contributed by atoms with E-state index in [2.05, 4.69) is 9.46 Å². The molecular formula is C12H15F2NO3S. The Bertz CT molecular complexity index is 560. The standard InChI is InChI=1S/C12H15F2NO3S/c1-19(16,17)15-11-4-2-3-8-7-9(18-12(13)14)5-6-10(8)11/h5-7,11-12,15H,2-4H2,1H3. The highest BCUT2D eigenvalue weighted by molar-refractivity contribution is 7.88. The number of fused-ring (bicyclic) bond motifs is 1. The Kier molecular flexibility index (Phi) is 4.05. The van der Waals surface area contributed by atoms with E-state index in [9.17, 15) is 17.2 Å². The van der Waals surface area contributed by atoms with Crippen LogP contribution >= 0.6 is 0 Å². The Morgan fingerprint density at radius 3 is 2.79 bits per heavy atom. The van der Waals surface area contributed by atoms with Gasteiger partial charge in [0.05, 0.1) is 6.26 Å². The van der Waals surface area contributed by atoms with Gasteiger partial charge in [0.1, 0.15) is 5.75 Å². The molecule has 0 saturated carbocycles. The van der Waals surface area contributed by atoms with E-state index in [0.29, 0.717) is 6.42 Å². The zero-order valence-electron chi connectivity index (χ0n) is 10.4. The Morgan fingerprint density at radius 1 is 1.42 bits per heavy atom. The second-order valence-corrected chi connectivity index (χ2v) is 6.35. The number of sulfonamides is 1. The van der Waals surface area contributed by atoms with E-state index in [0.717, 1.165) is 30.2 Å². The lowest BCUT2D eigenvalue weighted by Crippen LogP contribution is -2.30. The molecule has 0 fully saturated rings. The van der Waals surface area contributed by atoms with Gasteiger partial charge >= 0.3 is 6.61 Å². The molecular weight excluding hydrogens is 276 g/mol. The summed E-state index contributed by atoms with van der Waals surface area (Å²) >= 11 is 0. The van der Waals surface area contributed by atoms with Crippen LogP contribution in [0.5, 0.6) is 5.75 Å². The van der Waals surface area contributed by atoms with E-state index in [-0.39, 0.29) is 11.8 Å². The maximum Gasteiger partial charge on any atom is 0.387 e. The summed E-state index contributed by atoms with van der Waals surface area (Å²) in [6, 6.07) is 4.35. The summed E-state index contributed by atoms with van der Waals surface area (Å²) in [6.07, 6.45) is 3.35. The first-order chi connectivity index (χ1) is 8.85. The highest BCUT2D eigenvalue weighted by Crippen LogP contribution is 2.32. The molecule has 1 aliphatic carbocycles. The molecule has 4 nitrogen and oxygen atoms in total. The number of alkyl halides is 2. The highest BCUT2D eigenvalue weighted by atomic mass is 32.2. The fraction of sp³-hybridized carbons (Fsp3) is 0.500. The van der Waals surface area contributed by atoms with Crippen LogP contribution in [0.2, 0.25) is 0 Å². The molecule has 2 rings (SSSR count). The predicted octanol–water partition coefficient (Wildman–Crippen LogP) is 2.21. The third-order valence-electron chi connectivity index (χ3n) is 3.01. The third-order valence-corrected chi connectivity index (χ3v) is 3.72. The van der Waals surface area contributed by atoms with Crippen molar-refractivity contribution in [3.05, 3.63) is 29.3 Å². The van der Waals surface area contributed by atoms with Gasteiger partial charge < -0.3 is 4.74 Å².